The zero-order valence-electron chi connectivity index (χ0n) is 13.6. The first-order valence-electron chi connectivity index (χ1n) is 7.60. The van der Waals surface area contributed by atoms with Gasteiger partial charge in [-0.25, -0.2) is 0 Å². The number of hydrogen-bond donors (Lipinski definition) is 2. The Morgan fingerprint density at radius 1 is 1.00 bits per heavy atom. The zero-order valence-corrected chi connectivity index (χ0v) is 15.9. The summed E-state index contributed by atoms with van der Waals surface area (Å²) >= 11 is 17.5. The minimum absolute atomic E-state index is 0.0356. The lowest BCUT2D eigenvalue weighted by molar-refractivity contribution is -0.137. The molecule has 0 spiro atoms. The number of hydrogen-bond acceptors (Lipinski definition) is 2. The van der Waals surface area contributed by atoms with Crippen LogP contribution in [0.4, 0.5) is 18.9 Å². The van der Waals surface area contributed by atoms with Gasteiger partial charge in [0.15, 0.2) is 0 Å². The van der Waals surface area contributed by atoms with E-state index in [2.05, 4.69) is 10.6 Å². The van der Waals surface area contributed by atoms with Crippen molar-refractivity contribution in [3.05, 3.63) is 71.8 Å². The summed E-state index contributed by atoms with van der Waals surface area (Å²) in [7, 11) is 0. The van der Waals surface area contributed by atoms with Gasteiger partial charge in [0, 0.05) is 11.8 Å². The van der Waals surface area contributed by atoms with Crippen molar-refractivity contribution >= 4 is 52.5 Å². The lowest BCUT2D eigenvalue weighted by Gasteiger charge is -2.27. The van der Waals surface area contributed by atoms with Gasteiger partial charge in [0.25, 0.3) is 0 Å². The van der Waals surface area contributed by atoms with Crippen LogP contribution in [0.2, 0.25) is 0 Å². The molecule has 27 heavy (non-hydrogen) atoms. The van der Waals surface area contributed by atoms with Crippen LogP contribution in [0.15, 0.2) is 60.7 Å². The number of nitrogens with one attached hydrogen (secondary N) is 2. The van der Waals surface area contributed by atoms with Gasteiger partial charge in [-0.15, -0.1) is 0 Å². The lowest BCUT2D eigenvalue weighted by atomic mass is 10.2. The van der Waals surface area contributed by atoms with Gasteiger partial charge in [-0.05, 0) is 29.8 Å². The fraction of sp³-hybridized carbons (Fsp3) is 0.167. The largest absolute Gasteiger partial charge is 0.416 e. The van der Waals surface area contributed by atoms with Crippen molar-refractivity contribution in [2.75, 3.05) is 5.32 Å². The number of alkyl halides is 6. The Labute approximate surface area is 169 Å². The van der Waals surface area contributed by atoms with E-state index in [-0.39, 0.29) is 5.69 Å². The molecule has 0 aliphatic heterocycles. The predicted molar refractivity (Wildman–Crippen MR) is 103 cm³/mol. The van der Waals surface area contributed by atoms with Gasteiger partial charge in [-0.1, -0.05) is 71.2 Å². The summed E-state index contributed by atoms with van der Waals surface area (Å²) < 4.78 is 36.5. The van der Waals surface area contributed by atoms with E-state index in [9.17, 15) is 18.0 Å². The molecule has 0 aromatic heterocycles. The molecule has 2 aromatic carbocycles. The van der Waals surface area contributed by atoms with E-state index in [4.69, 9.17) is 34.8 Å². The first-order chi connectivity index (χ1) is 12.6. The smallest absolute Gasteiger partial charge is 0.362 e. The molecule has 0 saturated heterocycles. The summed E-state index contributed by atoms with van der Waals surface area (Å²) in [6, 6.07) is 13.4. The summed E-state index contributed by atoms with van der Waals surface area (Å²) in [5.41, 5.74) is -0.0525. The average Bonchev–Trinajstić information content (AvgIpc) is 2.59. The highest BCUT2D eigenvalue weighted by atomic mass is 35.6. The van der Waals surface area contributed by atoms with E-state index in [1.54, 1.807) is 30.3 Å². The van der Waals surface area contributed by atoms with E-state index >= 15 is 0 Å². The van der Waals surface area contributed by atoms with Crippen molar-refractivity contribution in [2.45, 2.75) is 16.1 Å². The molecule has 2 N–H and O–H groups in total. The van der Waals surface area contributed by atoms with Gasteiger partial charge >= 0.3 is 6.18 Å². The Morgan fingerprint density at radius 3 is 2.26 bits per heavy atom. The first kappa shape index (κ1) is 21.4. The third-order valence-corrected chi connectivity index (χ3v) is 4.00. The molecular formula is C18H14Cl3F3N2O. The third-order valence-electron chi connectivity index (χ3n) is 3.34. The van der Waals surface area contributed by atoms with Crippen LogP contribution in [0.3, 0.4) is 0 Å². The maximum atomic E-state index is 12.8. The molecule has 0 radical (unpaired) electrons. The number of benzene rings is 2. The summed E-state index contributed by atoms with van der Waals surface area (Å²) in [4.78, 5) is 12.1. The third kappa shape index (κ3) is 6.97. The second-order valence-corrected chi connectivity index (χ2v) is 7.82. The summed E-state index contributed by atoms with van der Waals surface area (Å²) in [6.07, 6.45) is -3.00. The fourth-order valence-electron chi connectivity index (χ4n) is 2.08. The number of amides is 1. The molecule has 0 aliphatic rings. The number of rotatable bonds is 5. The molecule has 0 bridgehead atoms. The van der Waals surface area contributed by atoms with Gasteiger partial charge in [0.2, 0.25) is 9.70 Å². The van der Waals surface area contributed by atoms with Crippen molar-refractivity contribution in [1.29, 1.82) is 0 Å². The standard InChI is InChI=1S/C18H14Cl3F3N2O/c19-17(20,21)16(25-14-8-4-7-13(11-14)18(22,23)24)26-15(27)10-9-12-5-2-1-3-6-12/h1-11,16,25H,(H,26,27). The van der Waals surface area contributed by atoms with Crippen molar-refractivity contribution < 1.29 is 18.0 Å². The second-order valence-electron chi connectivity index (χ2n) is 5.45. The molecule has 1 unspecified atom stereocenters. The van der Waals surface area contributed by atoms with Gasteiger partial charge < -0.3 is 10.6 Å². The van der Waals surface area contributed by atoms with Crippen LogP contribution < -0.4 is 10.6 Å². The molecule has 2 aromatic rings. The highest BCUT2D eigenvalue weighted by Gasteiger charge is 2.35. The zero-order chi connectivity index (χ0) is 20.1. The molecule has 0 saturated carbocycles. The molecule has 0 heterocycles. The molecule has 2 rings (SSSR count). The van der Waals surface area contributed by atoms with Crippen LogP contribution in [-0.4, -0.2) is 15.9 Å². The van der Waals surface area contributed by atoms with Crippen molar-refractivity contribution in [3.63, 3.8) is 0 Å². The topological polar surface area (TPSA) is 41.1 Å². The molecule has 1 amide bonds. The molecule has 9 heteroatoms. The highest BCUT2D eigenvalue weighted by Crippen LogP contribution is 2.33. The Kier molecular flexibility index (Phi) is 7.03. The first-order valence-corrected chi connectivity index (χ1v) is 8.73. The minimum atomic E-state index is -4.52. The lowest BCUT2D eigenvalue weighted by Crippen LogP contribution is -2.48. The monoisotopic (exact) mass is 436 g/mol. The Morgan fingerprint density at radius 2 is 1.67 bits per heavy atom. The molecular weight excluding hydrogens is 424 g/mol. The molecule has 144 valence electrons. The van der Waals surface area contributed by atoms with Crippen LogP contribution in [0.25, 0.3) is 6.08 Å². The SMILES string of the molecule is O=C(C=Cc1ccccc1)NC(Nc1cccc(C(F)(F)F)c1)C(Cl)(Cl)Cl. The summed E-state index contributed by atoms with van der Waals surface area (Å²) in [6.45, 7) is 0. The van der Waals surface area contributed by atoms with Crippen molar-refractivity contribution in [1.82, 2.24) is 5.32 Å². The van der Waals surface area contributed by atoms with Crippen LogP contribution in [0.1, 0.15) is 11.1 Å². The Balaban J connectivity index is 2.12. The molecule has 0 aliphatic carbocycles. The maximum Gasteiger partial charge on any atom is 0.416 e. The van der Waals surface area contributed by atoms with E-state index in [0.717, 1.165) is 17.7 Å². The van der Waals surface area contributed by atoms with Crippen LogP contribution in [0.5, 0.6) is 0 Å². The Hall–Kier alpha value is -1.89. The van der Waals surface area contributed by atoms with E-state index in [1.807, 2.05) is 6.07 Å². The fourth-order valence-corrected chi connectivity index (χ4v) is 2.41. The van der Waals surface area contributed by atoms with Crippen LogP contribution in [0, 0.1) is 0 Å². The number of anilines is 1. The van der Waals surface area contributed by atoms with Crippen LogP contribution >= 0.6 is 34.8 Å². The molecule has 3 nitrogen and oxygen atoms in total. The van der Waals surface area contributed by atoms with Crippen molar-refractivity contribution in [3.8, 4) is 0 Å². The van der Waals surface area contributed by atoms with Crippen LogP contribution in [-0.2, 0) is 11.0 Å². The number of halogens is 6. The number of carbonyl (C=O) groups excluding carboxylic acids is 1. The van der Waals surface area contributed by atoms with Gasteiger partial charge in [0.05, 0.1) is 5.56 Å². The van der Waals surface area contributed by atoms with Crippen molar-refractivity contribution in [2.24, 2.45) is 0 Å². The van der Waals surface area contributed by atoms with Gasteiger partial charge in [-0.2, -0.15) is 13.2 Å². The minimum Gasteiger partial charge on any atom is -0.362 e. The van der Waals surface area contributed by atoms with E-state index in [0.29, 0.717) is 0 Å². The maximum absolute atomic E-state index is 12.8. The average molecular weight is 438 g/mol. The highest BCUT2D eigenvalue weighted by molar-refractivity contribution is 6.68. The molecule has 1 atom stereocenters. The quantitative estimate of drug-likeness (QED) is 0.361. The second kappa shape index (κ2) is 8.87. The Bertz CT molecular complexity index is 805. The number of carbonyl (C=O) groups is 1. The predicted octanol–water partition coefficient (Wildman–Crippen LogP) is 5.64. The van der Waals surface area contributed by atoms with E-state index < -0.39 is 27.6 Å². The summed E-state index contributed by atoms with van der Waals surface area (Å²) in [5, 5.41) is 5.02. The normalized spacial score (nSPS) is 13.4. The van der Waals surface area contributed by atoms with Gasteiger partial charge in [-0.3, -0.25) is 4.79 Å². The van der Waals surface area contributed by atoms with Gasteiger partial charge in [0.1, 0.15) is 6.17 Å². The molecule has 0 fully saturated rings. The van der Waals surface area contributed by atoms with E-state index in [1.165, 1.54) is 18.2 Å². The summed E-state index contributed by atoms with van der Waals surface area (Å²) in [5.74, 6) is -0.588.